The first-order valence-electron chi connectivity index (χ1n) is 8.36. The summed E-state index contributed by atoms with van der Waals surface area (Å²) in [6, 6.07) is 14.1. The summed E-state index contributed by atoms with van der Waals surface area (Å²) >= 11 is 3.34. The quantitative estimate of drug-likeness (QED) is 0.601. The van der Waals surface area contributed by atoms with E-state index in [1.54, 1.807) is 31.2 Å². The second-order valence-corrected chi connectivity index (χ2v) is 6.76. The maximum Gasteiger partial charge on any atom is 0.328 e. The van der Waals surface area contributed by atoms with Crippen molar-refractivity contribution in [3.8, 4) is 0 Å². The van der Waals surface area contributed by atoms with Crippen molar-refractivity contribution >= 4 is 38.7 Å². The molecule has 1 aromatic heterocycles. The minimum Gasteiger partial charge on any atom is -0.464 e. The molecule has 1 atom stereocenters. The zero-order valence-electron chi connectivity index (χ0n) is 14.3. The van der Waals surface area contributed by atoms with Gasteiger partial charge in [-0.25, -0.2) is 4.79 Å². The predicted octanol–water partition coefficient (Wildman–Crippen LogP) is 3.83. The molecule has 2 aromatic carbocycles. The molecule has 3 rings (SSSR count). The normalized spacial score (nSPS) is 11.9. The largest absolute Gasteiger partial charge is 0.464 e. The van der Waals surface area contributed by atoms with Gasteiger partial charge in [0, 0.05) is 33.6 Å². The van der Waals surface area contributed by atoms with E-state index < -0.39 is 12.0 Å². The summed E-state index contributed by atoms with van der Waals surface area (Å²) in [7, 11) is 0. The molecule has 0 aliphatic carbocycles. The number of nitrogens with one attached hydrogen (secondary N) is 2. The number of carbonyl (C=O) groups excluding carboxylic acids is 2. The third-order valence-corrected chi connectivity index (χ3v) is 4.61. The molecule has 0 aliphatic heterocycles. The number of fused-ring (bicyclic) bond motifs is 1. The minimum absolute atomic E-state index is 0.261. The molecular formula is C20H19BrN2O3. The molecule has 26 heavy (non-hydrogen) atoms. The fourth-order valence-corrected chi connectivity index (χ4v) is 3.06. The number of benzene rings is 2. The van der Waals surface area contributed by atoms with Crippen LogP contribution in [0.3, 0.4) is 0 Å². The van der Waals surface area contributed by atoms with Crippen molar-refractivity contribution in [3.05, 3.63) is 70.3 Å². The van der Waals surface area contributed by atoms with Crippen molar-refractivity contribution in [2.24, 2.45) is 0 Å². The Bertz CT molecular complexity index is 918. The monoisotopic (exact) mass is 414 g/mol. The topological polar surface area (TPSA) is 71.2 Å². The second-order valence-electron chi connectivity index (χ2n) is 5.85. The summed E-state index contributed by atoms with van der Waals surface area (Å²) in [6.45, 7) is 2.01. The van der Waals surface area contributed by atoms with Crippen LogP contribution < -0.4 is 5.32 Å². The number of carbonyl (C=O) groups is 2. The molecule has 0 fully saturated rings. The summed E-state index contributed by atoms with van der Waals surface area (Å²) in [5.41, 5.74) is 2.43. The highest BCUT2D eigenvalue weighted by molar-refractivity contribution is 9.10. The highest BCUT2D eigenvalue weighted by Gasteiger charge is 2.24. The molecule has 0 saturated carbocycles. The van der Waals surface area contributed by atoms with Crippen LogP contribution in [0.4, 0.5) is 0 Å². The van der Waals surface area contributed by atoms with Crippen molar-refractivity contribution in [1.29, 1.82) is 0 Å². The van der Waals surface area contributed by atoms with Crippen molar-refractivity contribution in [2.75, 3.05) is 6.61 Å². The summed E-state index contributed by atoms with van der Waals surface area (Å²) in [6.07, 6.45) is 2.22. The number of ether oxygens (including phenoxy) is 1. The second kappa shape index (κ2) is 8.19. The van der Waals surface area contributed by atoms with Gasteiger partial charge in [-0.3, -0.25) is 4.79 Å². The van der Waals surface area contributed by atoms with Crippen LogP contribution >= 0.6 is 15.9 Å². The zero-order valence-corrected chi connectivity index (χ0v) is 15.9. The van der Waals surface area contributed by atoms with Crippen LogP contribution in [-0.4, -0.2) is 29.5 Å². The molecule has 0 radical (unpaired) electrons. The van der Waals surface area contributed by atoms with Gasteiger partial charge < -0.3 is 15.0 Å². The molecule has 0 aliphatic rings. The van der Waals surface area contributed by atoms with Crippen LogP contribution in [0.15, 0.2) is 59.2 Å². The Morgan fingerprint density at radius 3 is 2.62 bits per heavy atom. The van der Waals surface area contributed by atoms with Crippen LogP contribution in [0.2, 0.25) is 0 Å². The molecule has 5 nitrogen and oxygen atoms in total. The van der Waals surface area contributed by atoms with E-state index in [4.69, 9.17) is 4.74 Å². The molecule has 1 amide bonds. The smallest absolute Gasteiger partial charge is 0.328 e. The van der Waals surface area contributed by atoms with Gasteiger partial charge in [0.2, 0.25) is 0 Å². The number of rotatable bonds is 6. The molecule has 3 aromatic rings. The summed E-state index contributed by atoms with van der Waals surface area (Å²) < 4.78 is 6.03. The lowest BCUT2D eigenvalue weighted by Crippen LogP contribution is -2.43. The number of hydrogen-bond acceptors (Lipinski definition) is 3. The third-order valence-electron chi connectivity index (χ3n) is 4.08. The number of hydrogen-bond donors (Lipinski definition) is 2. The lowest BCUT2D eigenvalue weighted by atomic mass is 10.0. The van der Waals surface area contributed by atoms with Crippen LogP contribution in [0.5, 0.6) is 0 Å². The number of esters is 1. The van der Waals surface area contributed by atoms with E-state index in [9.17, 15) is 9.59 Å². The van der Waals surface area contributed by atoms with Gasteiger partial charge in [0.05, 0.1) is 6.61 Å². The molecule has 2 N–H and O–H groups in total. The lowest BCUT2D eigenvalue weighted by Gasteiger charge is -2.17. The Balaban J connectivity index is 1.82. The lowest BCUT2D eigenvalue weighted by molar-refractivity contribution is -0.145. The Morgan fingerprint density at radius 1 is 1.15 bits per heavy atom. The van der Waals surface area contributed by atoms with E-state index in [1.165, 1.54) is 0 Å². The Morgan fingerprint density at radius 2 is 1.88 bits per heavy atom. The number of aromatic amines is 1. The third kappa shape index (κ3) is 4.14. The summed E-state index contributed by atoms with van der Waals surface area (Å²) in [5, 5.41) is 3.83. The first kappa shape index (κ1) is 18.2. The van der Waals surface area contributed by atoms with Gasteiger partial charge in [-0.05, 0) is 42.8 Å². The van der Waals surface area contributed by atoms with Gasteiger partial charge in [0.25, 0.3) is 5.91 Å². The molecule has 1 unspecified atom stereocenters. The minimum atomic E-state index is -0.759. The van der Waals surface area contributed by atoms with E-state index in [-0.39, 0.29) is 12.5 Å². The summed E-state index contributed by atoms with van der Waals surface area (Å²) in [5.74, 6) is -0.751. The Hall–Kier alpha value is -2.60. The SMILES string of the molecule is CCOC(=O)C(Cc1c[nH]c2ccccc12)NC(=O)c1ccc(Br)cc1. The maximum absolute atomic E-state index is 12.5. The van der Waals surface area contributed by atoms with Gasteiger partial charge in [0.1, 0.15) is 6.04 Å². The van der Waals surface area contributed by atoms with Gasteiger partial charge in [0.15, 0.2) is 0 Å². The zero-order chi connectivity index (χ0) is 18.5. The van der Waals surface area contributed by atoms with Gasteiger partial charge in [-0.2, -0.15) is 0 Å². The fraction of sp³-hybridized carbons (Fsp3) is 0.200. The molecule has 1 heterocycles. The van der Waals surface area contributed by atoms with Crippen molar-refractivity contribution in [2.45, 2.75) is 19.4 Å². The van der Waals surface area contributed by atoms with E-state index in [1.807, 2.05) is 30.5 Å². The highest BCUT2D eigenvalue weighted by atomic mass is 79.9. The van der Waals surface area contributed by atoms with E-state index in [0.717, 1.165) is 20.9 Å². The van der Waals surface area contributed by atoms with Crippen molar-refractivity contribution in [1.82, 2.24) is 10.3 Å². The van der Waals surface area contributed by atoms with Gasteiger partial charge in [-0.1, -0.05) is 34.1 Å². The molecule has 0 bridgehead atoms. The van der Waals surface area contributed by atoms with Crippen LogP contribution in [0.1, 0.15) is 22.8 Å². The van der Waals surface area contributed by atoms with Gasteiger partial charge >= 0.3 is 5.97 Å². The number of halogens is 1. The molecule has 0 spiro atoms. The summed E-state index contributed by atoms with van der Waals surface area (Å²) in [4.78, 5) is 28.1. The molecule has 6 heteroatoms. The van der Waals surface area contributed by atoms with Gasteiger partial charge in [-0.15, -0.1) is 0 Å². The highest BCUT2D eigenvalue weighted by Crippen LogP contribution is 2.19. The van der Waals surface area contributed by atoms with Crippen LogP contribution in [0.25, 0.3) is 10.9 Å². The molecule has 0 saturated heterocycles. The first-order valence-corrected chi connectivity index (χ1v) is 9.16. The average Bonchev–Trinajstić information content (AvgIpc) is 3.05. The number of H-pyrrole nitrogens is 1. The van der Waals surface area contributed by atoms with E-state index in [2.05, 4.69) is 26.2 Å². The van der Waals surface area contributed by atoms with Crippen molar-refractivity contribution < 1.29 is 14.3 Å². The number of aromatic nitrogens is 1. The number of amides is 1. The fourth-order valence-electron chi connectivity index (χ4n) is 2.80. The van der Waals surface area contributed by atoms with E-state index in [0.29, 0.717) is 12.0 Å². The van der Waals surface area contributed by atoms with Crippen LogP contribution in [-0.2, 0) is 16.0 Å². The predicted molar refractivity (Wildman–Crippen MR) is 104 cm³/mol. The van der Waals surface area contributed by atoms with Crippen molar-refractivity contribution in [3.63, 3.8) is 0 Å². The van der Waals surface area contributed by atoms with E-state index >= 15 is 0 Å². The Kier molecular flexibility index (Phi) is 5.73. The molecular weight excluding hydrogens is 396 g/mol. The van der Waals surface area contributed by atoms with Crippen LogP contribution in [0, 0.1) is 0 Å². The first-order chi connectivity index (χ1) is 12.6. The Labute approximate surface area is 159 Å². The molecule has 134 valence electrons. The number of para-hydroxylation sites is 1. The maximum atomic E-state index is 12.5. The standard InChI is InChI=1S/C20H19BrN2O3/c1-2-26-20(25)18(23-19(24)13-7-9-15(21)10-8-13)11-14-12-22-17-6-4-3-5-16(14)17/h3-10,12,18,22H,2,11H2,1H3,(H,23,24). The average molecular weight is 415 g/mol.